The van der Waals surface area contributed by atoms with E-state index >= 15 is 0 Å². The van der Waals surface area contributed by atoms with E-state index in [9.17, 15) is 4.79 Å². The number of rotatable bonds is 3. The normalized spacial score (nSPS) is 12.5. The van der Waals surface area contributed by atoms with E-state index in [0.717, 1.165) is 11.1 Å². The van der Waals surface area contributed by atoms with Gasteiger partial charge in [-0.05, 0) is 36.5 Å². The van der Waals surface area contributed by atoms with Gasteiger partial charge in [-0.3, -0.25) is 9.78 Å². The molecule has 1 amide bonds. The first kappa shape index (κ1) is 10.7. The quantitative estimate of drug-likeness (QED) is 0.792. The average molecular weight is 192 g/mol. The number of pyridine rings is 1. The summed E-state index contributed by atoms with van der Waals surface area (Å²) in [6, 6.07) is 0. The van der Waals surface area contributed by atoms with Crippen LogP contribution in [0.3, 0.4) is 0 Å². The summed E-state index contributed by atoms with van der Waals surface area (Å²) < 4.78 is 0. The number of nitrogens with two attached hydrogens (primary N) is 1. The van der Waals surface area contributed by atoms with Gasteiger partial charge in [0, 0.05) is 18.8 Å². The van der Waals surface area contributed by atoms with Crippen molar-refractivity contribution in [2.45, 2.75) is 33.1 Å². The first-order chi connectivity index (χ1) is 6.52. The Morgan fingerprint density at radius 1 is 1.43 bits per heavy atom. The number of hydrogen-bond donors (Lipinski definition) is 1. The van der Waals surface area contributed by atoms with Gasteiger partial charge in [-0.1, -0.05) is 6.92 Å². The van der Waals surface area contributed by atoms with E-state index in [2.05, 4.69) is 4.98 Å². The molecule has 0 aliphatic rings. The van der Waals surface area contributed by atoms with E-state index in [1.54, 1.807) is 0 Å². The zero-order chi connectivity index (χ0) is 10.7. The smallest absolute Gasteiger partial charge is 0.218 e. The molecule has 0 aliphatic heterocycles. The fourth-order valence-electron chi connectivity index (χ4n) is 1.89. The number of hydrogen-bond acceptors (Lipinski definition) is 2. The first-order valence-corrected chi connectivity index (χ1v) is 4.71. The van der Waals surface area contributed by atoms with Gasteiger partial charge in [0.1, 0.15) is 0 Å². The molecule has 1 aromatic rings. The molecule has 1 unspecified atom stereocenters. The molecular formula is C11H16N2O. The number of carbonyl (C=O) groups is 1. The Labute approximate surface area is 84.3 Å². The molecule has 1 atom stereocenters. The monoisotopic (exact) mass is 192 g/mol. The Morgan fingerprint density at radius 3 is 2.36 bits per heavy atom. The van der Waals surface area contributed by atoms with Crippen LogP contribution >= 0.6 is 0 Å². The minimum atomic E-state index is -0.256. The van der Waals surface area contributed by atoms with Crippen molar-refractivity contribution in [1.82, 2.24) is 4.98 Å². The first-order valence-electron chi connectivity index (χ1n) is 4.71. The van der Waals surface area contributed by atoms with E-state index in [1.807, 2.05) is 33.2 Å². The molecule has 0 radical (unpaired) electrons. The van der Waals surface area contributed by atoms with Crippen molar-refractivity contribution in [1.29, 1.82) is 0 Å². The van der Waals surface area contributed by atoms with Crippen LogP contribution in [0.25, 0.3) is 0 Å². The molecule has 2 N–H and O–H groups in total. The molecule has 0 saturated carbocycles. The highest BCUT2D eigenvalue weighted by atomic mass is 16.1. The van der Waals surface area contributed by atoms with E-state index in [4.69, 9.17) is 5.73 Å². The Morgan fingerprint density at radius 2 is 1.93 bits per heavy atom. The van der Waals surface area contributed by atoms with Crippen molar-refractivity contribution < 1.29 is 4.79 Å². The number of aryl methyl sites for hydroxylation is 2. The van der Waals surface area contributed by atoms with Crippen LogP contribution in [0.1, 0.15) is 36.0 Å². The van der Waals surface area contributed by atoms with Crippen LogP contribution in [0.2, 0.25) is 0 Å². The molecule has 14 heavy (non-hydrogen) atoms. The van der Waals surface area contributed by atoms with E-state index < -0.39 is 0 Å². The van der Waals surface area contributed by atoms with Gasteiger partial charge >= 0.3 is 0 Å². The molecule has 1 aromatic heterocycles. The Hall–Kier alpha value is -1.38. The van der Waals surface area contributed by atoms with E-state index in [1.165, 1.54) is 5.56 Å². The summed E-state index contributed by atoms with van der Waals surface area (Å²) in [7, 11) is 0. The molecule has 3 heteroatoms. The topological polar surface area (TPSA) is 56.0 Å². The fraction of sp³-hybridized carbons (Fsp3) is 0.455. The van der Waals surface area contributed by atoms with Gasteiger partial charge in [-0.15, -0.1) is 0 Å². The van der Waals surface area contributed by atoms with Gasteiger partial charge < -0.3 is 5.73 Å². The third kappa shape index (κ3) is 2.31. The highest BCUT2D eigenvalue weighted by Gasteiger charge is 2.13. The highest BCUT2D eigenvalue weighted by molar-refractivity contribution is 5.74. The van der Waals surface area contributed by atoms with Crippen molar-refractivity contribution >= 4 is 5.91 Å². The van der Waals surface area contributed by atoms with Gasteiger partial charge in [0.2, 0.25) is 5.91 Å². The van der Waals surface area contributed by atoms with Crippen LogP contribution in [0, 0.1) is 13.8 Å². The molecule has 0 saturated heterocycles. The largest absolute Gasteiger partial charge is 0.370 e. The summed E-state index contributed by atoms with van der Waals surface area (Å²) in [6.07, 6.45) is 4.03. The van der Waals surface area contributed by atoms with Crippen LogP contribution in [0.4, 0.5) is 0 Å². The highest BCUT2D eigenvalue weighted by Crippen LogP contribution is 2.24. The van der Waals surface area contributed by atoms with Crippen molar-refractivity contribution in [2.24, 2.45) is 5.73 Å². The maximum absolute atomic E-state index is 10.8. The van der Waals surface area contributed by atoms with Crippen LogP contribution < -0.4 is 5.73 Å². The van der Waals surface area contributed by atoms with Gasteiger partial charge in [-0.25, -0.2) is 0 Å². The lowest BCUT2D eigenvalue weighted by Gasteiger charge is -2.15. The van der Waals surface area contributed by atoms with Crippen molar-refractivity contribution in [3.05, 3.63) is 29.1 Å². The van der Waals surface area contributed by atoms with Gasteiger partial charge in [0.25, 0.3) is 0 Å². The summed E-state index contributed by atoms with van der Waals surface area (Å²) in [5.74, 6) is -0.0800. The molecule has 1 rings (SSSR count). The number of aromatic nitrogens is 1. The van der Waals surface area contributed by atoms with Crippen molar-refractivity contribution in [3.63, 3.8) is 0 Å². The molecule has 76 valence electrons. The number of amides is 1. The van der Waals surface area contributed by atoms with Crippen molar-refractivity contribution in [3.8, 4) is 0 Å². The second kappa shape index (κ2) is 4.22. The van der Waals surface area contributed by atoms with Crippen LogP contribution in [0.15, 0.2) is 12.4 Å². The number of nitrogens with zero attached hydrogens (tertiary/aromatic N) is 1. The maximum Gasteiger partial charge on any atom is 0.218 e. The molecule has 1 heterocycles. The average Bonchev–Trinajstić information content (AvgIpc) is 2.01. The summed E-state index contributed by atoms with van der Waals surface area (Å²) in [4.78, 5) is 14.9. The predicted molar refractivity (Wildman–Crippen MR) is 55.9 cm³/mol. The lowest BCUT2D eigenvalue weighted by atomic mass is 9.91. The molecule has 0 aliphatic carbocycles. The zero-order valence-corrected chi connectivity index (χ0v) is 8.87. The second-order valence-corrected chi connectivity index (χ2v) is 3.76. The third-order valence-electron chi connectivity index (χ3n) is 2.39. The minimum absolute atomic E-state index is 0.176. The molecule has 0 aromatic carbocycles. The Kier molecular flexibility index (Phi) is 3.23. The summed E-state index contributed by atoms with van der Waals surface area (Å²) in [5, 5.41) is 0. The molecule has 3 nitrogen and oxygen atoms in total. The molecular weight excluding hydrogens is 176 g/mol. The van der Waals surface area contributed by atoms with E-state index in [0.29, 0.717) is 6.42 Å². The van der Waals surface area contributed by atoms with Gasteiger partial charge in [0.15, 0.2) is 0 Å². The second-order valence-electron chi connectivity index (χ2n) is 3.76. The summed E-state index contributed by atoms with van der Waals surface area (Å²) in [5.41, 5.74) is 8.62. The molecule has 0 spiro atoms. The SMILES string of the molecule is Cc1cncc(C)c1C(C)CC(N)=O. The molecule has 0 fully saturated rings. The Bertz CT molecular complexity index is 327. The zero-order valence-electron chi connectivity index (χ0n) is 8.87. The van der Waals surface area contributed by atoms with Gasteiger partial charge in [0.05, 0.1) is 0 Å². The maximum atomic E-state index is 10.8. The lowest BCUT2D eigenvalue weighted by Crippen LogP contribution is -2.15. The summed E-state index contributed by atoms with van der Waals surface area (Å²) >= 11 is 0. The third-order valence-corrected chi connectivity index (χ3v) is 2.39. The lowest BCUT2D eigenvalue weighted by molar-refractivity contribution is -0.118. The standard InChI is InChI=1S/C11H16N2O/c1-7(4-10(12)14)11-8(2)5-13-6-9(11)3/h5-7H,4H2,1-3H3,(H2,12,14). The van der Waals surface area contributed by atoms with Gasteiger partial charge in [-0.2, -0.15) is 0 Å². The Balaban J connectivity index is 2.99. The number of primary amides is 1. The van der Waals surface area contributed by atoms with E-state index in [-0.39, 0.29) is 11.8 Å². The summed E-state index contributed by atoms with van der Waals surface area (Å²) in [6.45, 7) is 6.03. The molecule has 0 bridgehead atoms. The van der Waals surface area contributed by atoms with Crippen LogP contribution in [-0.4, -0.2) is 10.9 Å². The fourth-order valence-corrected chi connectivity index (χ4v) is 1.89. The predicted octanol–water partition coefficient (Wildman–Crippen LogP) is 1.68. The number of carbonyl (C=O) groups excluding carboxylic acids is 1. The minimum Gasteiger partial charge on any atom is -0.370 e. The van der Waals surface area contributed by atoms with Crippen LogP contribution in [-0.2, 0) is 4.79 Å². The van der Waals surface area contributed by atoms with Crippen LogP contribution in [0.5, 0.6) is 0 Å². The van der Waals surface area contributed by atoms with Crippen molar-refractivity contribution in [2.75, 3.05) is 0 Å².